The summed E-state index contributed by atoms with van der Waals surface area (Å²) < 4.78 is 0. The van der Waals surface area contributed by atoms with Gasteiger partial charge in [-0.2, -0.15) is 0 Å². The van der Waals surface area contributed by atoms with Gasteiger partial charge in [-0.3, -0.25) is 4.79 Å². The molecule has 0 aromatic heterocycles. The smallest absolute Gasteiger partial charge is 0.423 e. The predicted molar refractivity (Wildman–Crippen MR) is 80.7 cm³/mol. The molecule has 0 saturated carbocycles. The number of nitrogens with one attached hydrogen (secondary N) is 1. The summed E-state index contributed by atoms with van der Waals surface area (Å²) in [5, 5.41) is 21.6. The lowest BCUT2D eigenvalue weighted by atomic mass is 9.79. The van der Waals surface area contributed by atoms with Crippen LogP contribution in [0.4, 0.5) is 5.69 Å². The quantitative estimate of drug-likeness (QED) is 0.759. The van der Waals surface area contributed by atoms with Gasteiger partial charge in [0.05, 0.1) is 10.6 Å². The highest BCUT2D eigenvalue weighted by atomic mass is 35.5. The van der Waals surface area contributed by atoms with E-state index in [1.165, 1.54) is 18.2 Å². The molecule has 7 heteroatoms. The van der Waals surface area contributed by atoms with Crippen molar-refractivity contribution in [2.45, 2.75) is 0 Å². The molecular weight excluding hydrogens is 300 g/mol. The van der Waals surface area contributed by atoms with Crippen LogP contribution in [0, 0.1) is 0 Å². The number of rotatable bonds is 3. The Labute approximate surface area is 126 Å². The van der Waals surface area contributed by atoms with E-state index in [1.807, 2.05) is 0 Å². The molecule has 2 aromatic rings. The van der Waals surface area contributed by atoms with Crippen molar-refractivity contribution < 1.29 is 14.8 Å². The number of anilines is 1. The van der Waals surface area contributed by atoms with Gasteiger partial charge in [0, 0.05) is 10.7 Å². The highest BCUT2D eigenvalue weighted by Gasteiger charge is 2.17. The summed E-state index contributed by atoms with van der Waals surface area (Å²) in [5.74, 6) is -0.445. The van der Waals surface area contributed by atoms with E-state index in [0.717, 1.165) is 0 Å². The topological polar surface area (TPSA) is 69.6 Å². The molecule has 4 nitrogen and oxygen atoms in total. The molecule has 0 fully saturated rings. The summed E-state index contributed by atoms with van der Waals surface area (Å²) in [7, 11) is -1.66. The normalized spacial score (nSPS) is 10.2. The van der Waals surface area contributed by atoms with Crippen molar-refractivity contribution in [3.05, 3.63) is 58.1 Å². The van der Waals surface area contributed by atoms with E-state index in [2.05, 4.69) is 5.32 Å². The van der Waals surface area contributed by atoms with Crippen LogP contribution in [0.1, 0.15) is 10.4 Å². The van der Waals surface area contributed by atoms with Gasteiger partial charge in [0.25, 0.3) is 5.91 Å². The Hall–Kier alpha value is -1.53. The molecule has 0 aliphatic carbocycles. The van der Waals surface area contributed by atoms with Gasteiger partial charge in [0.2, 0.25) is 0 Å². The Morgan fingerprint density at radius 1 is 1.05 bits per heavy atom. The van der Waals surface area contributed by atoms with Gasteiger partial charge in [0.15, 0.2) is 0 Å². The molecule has 0 spiro atoms. The zero-order chi connectivity index (χ0) is 14.7. The fraction of sp³-hybridized carbons (Fsp3) is 0. The number of carbonyl (C=O) groups excluding carboxylic acids is 1. The van der Waals surface area contributed by atoms with E-state index < -0.39 is 13.0 Å². The van der Waals surface area contributed by atoms with Crippen molar-refractivity contribution in [3.8, 4) is 0 Å². The number of hydrogen-bond donors (Lipinski definition) is 3. The van der Waals surface area contributed by atoms with Gasteiger partial charge in [-0.1, -0.05) is 29.3 Å². The third kappa shape index (κ3) is 3.52. The van der Waals surface area contributed by atoms with E-state index in [0.29, 0.717) is 10.7 Å². The van der Waals surface area contributed by atoms with Crippen LogP contribution in [0.25, 0.3) is 0 Å². The second-order valence-corrected chi connectivity index (χ2v) is 4.92. The van der Waals surface area contributed by atoms with Gasteiger partial charge in [0.1, 0.15) is 0 Å². The molecule has 2 aromatic carbocycles. The van der Waals surface area contributed by atoms with Crippen LogP contribution in [0.3, 0.4) is 0 Å². The van der Waals surface area contributed by atoms with Crippen molar-refractivity contribution in [2.24, 2.45) is 0 Å². The average Bonchev–Trinajstić information content (AvgIpc) is 2.41. The maximum absolute atomic E-state index is 12.1. The molecule has 0 unspecified atom stereocenters. The largest absolute Gasteiger partial charge is 0.488 e. The Morgan fingerprint density at radius 3 is 2.30 bits per heavy atom. The third-order valence-electron chi connectivity index (χ3n) is 2.64. The van der Waals surface area contributed by atoms with Gasteiger partial charge in [-0.15, -0.1) is 0 Å². The first kappa shape index (κ1) is 14.9. The second kappa shape index (κ2) is 6.28. The van der Waals surface area contributed by atoms with E-state index in [9.17, 15) is 4.79 Å². The first-order chi connectivity index (χ1) is 9.47. The Bertz CT molecular complexity index is 632. The molecule has 0 saturated heterocycles. The molecule has 2 rings (SSSR count). The summed E-state index contributed by atoms with van der Waals surface area (Å²) in [6.07, 6.45) is 0. The minimum atomic E-state index is -1.66. The third-order valence-corrected chi connectivity index (χ3v) is 3.22. The van der Waals surface area contributed by atoms with Gasteiger partial charge >= 0.3 is 7.12 Å². The monoisotopic (exact) mass is 309 g/mol. The summed E-state index contributed by atoms with van der Waals surface area (Å²) in [5.41, 5.74) is 0.910. The van der Waals surface area contributed by atoms with E-state index in [4.69, 9.17) is 33.2 Å². The number of hydrogen-bond acceptors (Lipinski definition) is 3. The number of amides is 1. The molecule has 0 radical (unpaired) electrons. The van der Waals surface area contributed by atoms with Crippen LogP contribution in [-0.2, 0) is 0 Å². The van der Waals surface area contributed by atoms with Crippen LogP contribution in [0.15, 0.2) is 42.5 Å². The van der Waals surface area contributed by atoms with E-state index >= 15 is 0 Å². The number of halogens is 2. The first-order valence-electron chi connectivity index (χ1n) is 5.70. The van der Waals surface area contributed by atoms with E-state index in [-0.39, 0.29) is 16.0 Å². The summed E-state index contributed by atoms with van der Waals surface area (Å²) in [6.45, 7) is 0. The molecule has 0 heterocycles. The van der Waals surface area contributed by atoms with Crippen LogP contribution < -0.4 is 10.8 Å². The fourth-order valence-electron chi connectivity index (χ4n) is 1.61. The van der Waals surface area contributed by atoms with Crippen molar-refractivity contribution in [3.63, 3.8) is 0 Å². The van der Waals surface area contributed by atoms with Crippen LogP contribution >= 0.6 is 23.2 Å². The Kier molecular flexibility index (Phi) is 4.67. The predicted octanol–water partition coefficient (Wildman–Crippen LogP) is 1.93. The maximum atomic E-state index is 12.1. The molecule has 102 valence electrons. The molecule has 0 atom stereocenters. The number of benzene rings is 2. The van der Waals surface area contributed by atoms with E-state index in [1.54, 1.807) is 24.3 Å². The zero-order valence-corrected chi connectivity index (χ0v) is 11.7. The van der Waals surface area contributed by atoms with Crippen LogP contribution in [-0.4, -0.2) is 23.1 Å². The molecule has 0 bridgehead atoms. The van der Waals surface area contributed by atoms with Gasteiger partial charge in [-0.25, -0.2) is 0 Å². The Morgan fingerprint density at radius 2 is 1.70 bits per heavy atom. The first-order valence-corrected chi connectivity index (χ1v) is 6.45. The van der Waals surface area contributed by atoms with Crippen molar-refractivity contribution in [2.75, 3.05) is 5.32 Å². The molecular formula is C13H10BCl2NO3. The summed E-state index contributed by atoms with van der Waals surface area (Å²) in [6, 6.07) is 10.8. The second-order valence-electron chi connectivity index (χ2n) is 4.07. The Balaban J connectivity index is 2.24. The highest BCUT2D eigenvalue weighted by Crippen LogP contribution is 2.18. The van der Waals surface area contributed by atoms with Crippen molar-refractivity contribution in [1.82, 2.24) is 0 Å². The van der Waals surface area contributed by atoms with Crippen LogP contribution in [0.5, 0.6) is 0 Å². The molecule has 20 heavy (non-hydrogen) atoms. The lowest BCUT2D eigenvalue weighted by molar-refractivity contribution is 0.102. The number of carbonyl (C=O) groups is 1. The average molecular weight is 310 g/mol. The maximum Gasteiger partial charge on any atom is 0.488 e. The SMILES string of the molecule is O=C(Nc1ccc(Cl)cc1)c1cc(B(O)O)ccc1Cl. The zero-order valence-electron chi connectivity index (χ0n) is 10.2. The molecule has 0 aliphatic rings. The minimum Gasteiger partial charge on any atom is -0.423 e. The summed E-state index contributed by atoms with van der Waals surface area (Å²) >= 11 is 11.7. The molecule has 3 N–H and O–H groups in total. The minimum absolute atomic E-state index is 0.159. The molecule has 0 aliphatic heterocycles. The fourth-order valence-corrected chi connectivity index (χ4v) is 1.94. The van der Waals surface area contributed by atoms with Crippen molar-refractivity contribution in [1.29, 1.82) is 0 Å². The highest BCUT2D eigenvalue weighted by molar-refractivity contribution is 6.59. The standard InChI is InChI=1S/C13H10BCl2NO3/c15-9-2-4-10(5-3-9)17-13(18)11-7-8(14(19)20)1-6-12(11)16/h1-7,19-20H,(H,17,18). The van der Waals surface area contributed by atoms with Gasteiger partial charge < -0.3 is 15.4 Å². The van der Waals surface area contributed by atoms with Gasteiger partial charge in [-0.05, 0) is 41.9 Å². The van der Waals surface area contributed by atoms with Crippen molar-refractivity contribution >= 4 is 47.4 Å². The lowest BCUT2D eigenvalue weighted by Gasteiger charge is -2.08. The summed E-state index contributed by atoms with van der Waals surface area (Å²) in [4.78, 5) is 12.1. The molecule has 1 amide bonds. The lowest BCUT2D eigenvalue weighted by Crippen LogP contribution is -2.31. The van der Waals surface area contributed by atoms with Crippen LogP contribution in [0.2, 0.25) is 10.0 Å².